The molecule has 2 atom stereocenters. The second kappa shape index (κ2) is 5.13. The predicted octanol–water partition coefficient (Wildman–Crippen LogP) is 1.85. The van der Waals surface area contributed by atoms with Crippen molar-refractivity contribution in [1.82, 2.24) is 4.90 Å². The monoisotopic (exact) mass is 196 g/mol. The van der Waals surface area contributed by atoms with E-state index in [4.69, 9.17) is 5.73 Å². The Labute approximate surface area is 87.8 Å². The molecule has 1 heterocycles. The van der Waals surface area contributed by atoms with Gasteiger partial charge in [-0.3, -0.25) is 0 Å². The highest BCUT2D eigenvalue weighted by atomic mass is 15.1. The lowest BCUT2D eigenvalue weighted by molar-refractivity contribution is 0.178. The molecule has 2 fully saturated rings. The molecule has 0 amide bonds. The zero-order valence-electron chi connectivity index (χ0n) is 9.25. The van der Waals surface area contributed by atoms with Crippen LogP contribution in [0.15, 0.2) is 0 Å². The van der Waals surface area contributed by atoms with Gasteiger partial charge < -0.3 is 10.6 Å². The lowest BCUT2D eigenvalue weighted by Crippen LogP contribution is -2.36. The molecule has 2 N–H and O–H groups in total. The number of rotatable bonds is 3. The Hall–Kier alpha value is -0.0800. The molecular formula is C12H24N2. The van der Waals surface area contributed by atoms with Crippen molar-refractivity contribution < 1.29 is 0 Å². The first-order valence-corrected chi connectivity index (χ1v) is 6.32. The summed E-state index contributed by atoms with van der Waals surface area (Å²) in [5, 5.41) is 0. The van der Waals surface area contributed by atoms with Crippen LogP contribution in [0.4, 0.5) is 0 Å². The second-order valence-electron chi connectivity index (χ2n) is 5.05. The maximum absolute atomic E-state index is 5.81. The van der Waals surface area contributed by atoms with Crippen molar-refractivity contribution in [3.05, 3.63) is 0 Å². The molecule has 0 aromatic carbocycles. The van der Waals surface area contributed by atoms with Crippen LogP contribution in [0, 0.1) is 11.8 Å². The first-order valence-electron chi connectivity index (χ1n) is 6.32. The number of hydrogen-bond acceptors (Lipinski definition) is 2. The molecule has 1 aliphatic carbocycles. The molecule has 1 saturated heterocycles. The summed E-state index contributed by atoms with van der Waals surface area (Å²) in [5.41, 5.74) is 5.81. The summed E-state index contributed by atoms with van der Waals surface area (Å²) in [6.07, 6.45) is 8.51. The van der Waals surface area contributed by atoms with Gasteiger partial charge in [-0.2, -0.15) is 0 Å². The van der Waals surface area contributed by atoms with Gasteiger partial charge in [-0.25, -0.2) is 0 Å². The average molecular weight is 196 g/mol. The van der Waals surface area contributed by atoms with E-state index in [1.165, 1.54) is 58.2 Å². The van der Waals surface area contributed by atoms with Crippen molar-refractivity contribution in [2.45, 2.75) is 38.5 Å². The Bertz CT molecular complexity index is 164. The fraction of sp³-hybridized carbons (Fsp3) is 1.00. The van der Waals surface area contributed by atoms with E-state index >= 15 is 0 Å². The van der Waals surface area contributed by atoms with Crippen LogP contribution in [0.1, 0.15) is 38.5 Å². The molecule has 0 aromatic rings. The summed E-state index contributed by atoms with van der Waals surface area (Å²) < 4.78 is 0. The molecule has 0 spiro atoms. The molecule has 1 aliphatic heterocycles. The summed E-state index contributed by atoms with van der Waals surface area (Å²) >= 11 is 0. The Balaban J connectivity index is 1.77. The highest BCUT2D eigenvalue weighted by Crippen LogP contribution is 2.31. The maximum atomic E-state index is 5.81. The van der Waals surface area contributed by atoms with Crippen LogP contribution >= 0.6 is 0 Å². The van der Waals surface area contributed by atoms with E-state index in [0.29, 0.717) is 0 Å². The molecule has 0 radical (unpaired) electrons. The summed E-state index contributed by atoms with van der Waals surface area (Å²) in [7, 11) is 0. The van der Waals surface area contributed by atoms with E-state index in [1.807, 2.05) is 0 Å². The minimum Gasteiger partial charge on any atom is -0.330 e. The lowest BCUT2D eigenvalue weighted by Gasteiger charge is -2.31. The van der Waals surface area contributed by atoms with Crippen molar-refractivity contribution in [2.24, 2.45) is 17.6 Å². The number of piperidine rings is 1. The zero-order valence-corrected chi connectivity index (χ0v) is 9.25. The van der Waals surface area contributed by atoms with Crippen LogP contribution in [0.3, 0.4) is 0 Å². The van der Waals surface area contributed by atoms with Gasteiger partial charge in [0.05, 0.1) is 0 Å². The standard InChI is InChI=1S/C12H24N2/c13-9-11-5-4-6-12(11)10-14-7-2-1-3-8-14/h11-12H,1-10,13H2. The molecule has 0 bridgehead atoms. The van der Waals surface area contributed by atoms with E-state index < -0.39 is 0 Å². The van der Waals surface area contributed by atoms with Gasteiger partial charge in [-0.1, -0.05) is 12.8 Å². The number of nitrogens with two attached hydrogens (primary N) is 1. The summed E-state index contributed by atoms with van der Waals surface area (Å²) in [5.74, 6) is 1.75. The quantitative estimate of drug-likeness (QED) is 0.746. The Morgan fingerprint density at radius 2 is 1.64 bits per heavy atom. The van der Waals surface area contributed by atoms with Crippen molar-refractivity contribution >= 4 is 0 Å². The lowest BCUT2D eigenvalue weighted by atomic mass is 9.95. The van der Waals surface area contributed by atoms with Gasteiger partial charge in [-0.05, 0) is 57.2 Å². The van der Waals surface area contributed by atoms with E-state index in [-0.39, 0.29) is 0 Å². The van der Waals surface area contributed by atoms with Crippen LogP contribution in [0.25, 0.3) is 0 Å². The van der Waals surface area contributed by atoms with Crippen molar-refractivity contribution in [3.8, 4) is 0 Å². The second-order valence-corrected chi connectivity index (χ2v) is 5.05. The van der Waals surface area contributed by atoms with Gasteiger partial charge >= 0.3 is 0 Å². The molecule has 2 rings (SSSR count). The first-order chi connectivity index (χ1) is 6.90. The summed E-state index contributed by atoms with van der Waals surface area (Å²) in [6, 6.07) is 0. The van der Waals surface area contributed by atoms with Crippen LogP contribution < -0.4 is 5.73 Å². The zero-order chi connectivity index (χ0) is 9.80. The highest BCUT2D eigenvalue weighted by molar-refractivity contribution is 4.81. The third kappa shape index (κ3) is 2.48. The molecule has 2 nitrogen and oxygen atoms in total. The highest BCUT2D eigenvalue weighted by Gasteiger charge is 2.27. The van der Waals surface area contributed by atoms with Gasteiger partial charge in [0.25, 0.3) is 0 Å². The van der Waals surface area contributed by atoms with E-state index in [2.05, 4.69) is 4.90 Å². The molecular weight excluding hydrogens is 172 g/mol. The number of nitrogens with zero attached hydrogens (tertiary/aromatic N) is 1. The summed E-state index contributed by atoms with van der Waals surface area (Å²) in [4.78, 5) is 2.67. The molecule has 82 valence electrons. The van der Waals surface area contributed by atoms with E-state index in [1.54, 1.807) is 0 Å². The third-order valence-electron chi connectivity index (χ3n) is 4.06. The van der Waals surface area contributed by atoms with E-state index in [9.17, 15) is 0 Å². The fourth-order valence-corrected chi connectivity index (χ4v) is 3.14. The van der Waals surface area contributed by atoms with Gasteiger partial charge in [-0.15, -0.1) is 0 Å². The number of hydrogen-bond donors (Lipinski definition) is 1. The molecule has 14 heavy (non-hydrogen) atoms. The van der Waals surface area contributed by atoms with Crippen molar-refractivity contribution in [3.63, 3.8) is 0 Å². The van der Waals surface area contributed by atoms with Crippen LogP contribution in [-0.2, 0) is 0 Å². The van der Waals surface area contributed by atoms with Gasteiger partial charge in [0, 0.05) is 6.54 Å². The molecule has 2 aliphatic rings. The molecule has 2 unspecified atom stereocenters. The third-order valence-corrected chi connectivity index (χ3v) is 4.06. The Morgan fingerprint density at radius 3 is 2.36 bits per heavy atom. The van der Waals surface area contributed by atoms with Crippen molar-refractivity contribution in [2.75, 3.05) is 26.2 Å². The van der Waals surface area contributed by atoms with Gasteiger partial charge in [0.15, 0.2) is 0 Å². The number of likely N-dealkylation sites (tertiary alicyclic amines) is 1. The molecule has 0 aromatic heterocycles. The molecule has 2 heteroatoms. The van der Waals surface area contributed by atoms with Crippen LogP contribution in [0.5, 0.6) is 0 Å². The largest absolute Gasteiger partial charge is 0.330 e. The van der Waals surface area contributed by atoms with Crippen LogP contribution in [0.2, 0.25) is 0 Å². The predicted molar refractivity (Wildman–Crippen MR) is 60.2 cm³/mol. The minimum absolute atomic E-state index is 0.830. The minimum atomic E-state index is 0.830. The molecule has 1 saturated carbocycles. The van der Waals surface area contributed by atoms with E-state index in [0.717, 1.165) is 18.4 Å². The topological polar surface area (TPSA) is 29.3 Å². The smallest absolute Gasteiger partial charge is 0.00128 e. The van der Waals surface area contributed by atoms with Crippen molar-refractivity contribution in [1.29, 1.82) is 0 Å². The normalized spacial score (nSPS) is 34.9. The van der Waals surface area contributed by atoms with Gasteiger partial charge in [0.2, 0.25) is 0 Å². The fourth-order valence-electron chi connectivity index (χ4n) is 3.14. The SMILES string of the molecule is NCC1CCCC1CN1CCCCC1. The maximum Gasteiger partial charge on any atom is 0.00128 e. The average Bonchev–Trinajstić information content (AvgIpc) is 2.67. The van der Waals surface area contributed by atoms with Crippen LogP contribution in [-0.4, -0.2) is 31.1 Å². The Kier molecular flexibility index (Phi) is 3.82. The summed E-state index contributed by atoms with van der Waals surface area (Å²) in [6.45, 7) is 4.93. The first kappa shape index (κ1) is 10.4. The van der Waals surface area contributed by atoms with Gasteiger partial charge in [0.1, 0.15) is 0 Å². The Morgan fingerprint density at radius 1 is 0.929 bits per heavy atom.